The van der Waals surface area contributed by atoms with Crippen LogP contribution in [0.5, 0.6) is 0 Å². The van der Waals surface area contributed by atoms with Crippen LogP contribution in [0.15, 0.2) is 93.8 Å². The molecule has 0 heterocycles. The van der Waals surface area contributed by atoms with Crippen molar-refractivity contribution in [1.82, 2.24) is 0 Å². The Bertz CT molecular complexity index is 1210. The highest BCUT2D eigenvalue weighted by Crippen LogP contribution is 2.28. The molecule has 0 bridgehead atoms. The maximum Gasteiger partial charge on any atom is 0.331 e. The minimum absolute atomic E-state index is 0.0222. The molecule has 3 rings (SSSR count). The van der Waals surface area contributed by atoms with Crippen LogP contribution in [0.3, 0.4) is 0 Å². The highest BCUT2D eigenvalue weighted by molar-refractivity contribution is 7.99. The van der Waals surface area contributed by atoms with Crippen LogP contribution in [0, 0.1) is 12.3 Å². The van der Waals surface area contributed by atoms with Crippen molar-refractivity contribution in [2.24, 2.45) is 5.16 Å². The van der Waals surface area contributed by atoms with E-state index in [2.05, 4.69) is 15.9 Å². The maximum atomic E-state index is 12.7. The minimum atomic E-state index is -0.607. The van der Waals surface area contributed by atoms with E-state index in [4.69, 9.17) is 6.42 Å². The first-order valence-electron chi connectivity index (χ1n) is 10.2. The van der Waals surface area contributed by atoms with Gasteiger partial charge in [0.05, 0.1) is 0 Å². The molecule has 0 N–H and O–H groups in total. The fraction of sp³-hybridized carbons (Fsp3) is 0.111. The second kappa shape index (κ2) is 11.6. The molecule has 0 aromatic heterocycles. The van der Waals surface area contributed by atoms with E-state index < -0.39 is 5.97 Å². The molecular formula is C27H21NO4S. The average molecular weight is 456 g/mol. The second-order valence-electron chi connectivity index (χ2n) is 7.00. The summed E-state index contributed by atoms with van der Waals surface area (Å²) in [5.41, 5.74) is 1.79. The first-order valence-corrected chi connectivity index (χ1v) is 11.0. The lowest BCUT2D eigenvalue weighted by atomic mass is 10.0. The molecule has 164 valence electrons. The van der Waals surface area contributed by atoms with E-state index in [-0.39, 0.29) is 23.7 Å². The first kappa shape index (κ1) is 23.7. The minimum Gasteiger partial charge on any atom is -0.318 e. The number of oxime groups is 1. The molecule has 0 saturated heterocycles. The van der Waals surface area contributed by atoms with Crippen molar-refractivity contribution in [3.63, 3.8) is 0 Å². The van der Waals surface area contributed by atoms with Crippen molar-refractivity contribution in [3.05, 3.63) is 95.6 Å². The van der Waals surface area contributed by atoms with Gasteiger partial charge in [-0.05, 0) is 48.5 Å². The Morgan fingerprint density at radius 3 is 1.94 bits per heavy atom. The summed E-state index contributed by atoms with van der Waals surface area (Å²) >= 11 is 1.51. The summed E-state index contributed by atoms with van der Waals surface area (Å²) in [6, 6.07) is 23.6. The Balaban J connectivity index is 1.68. The molecule has 0 spiro atoms. The van der Waals surface area contributed by atoms with Gasteiger partial charge in [0.25, 0.3) is 0 Å². The number of terminal acetylenes is 1. The number of Topliss-reactive ketones (excluding diaryl/α,β-unsaturated/α-hetero) is 1. The Morgan fingerprint density at radius 1 is 0.848 bits per heavy atom. The van der Waals surface area contributed by atoms with Crippen LogP contribution in [0.25, 0.3) is 0 Å². The molecule has 0 atom stereocenters. The third-order valence-corrected chi connectivity index (χ3v) is 5.57. The molecule has 5 nitrogen and oxygen atoms in total. The molecular weight excluding hydrogens is 434 g/mol. The first-order chi connectivity index (χ1) is 16.0. The highest BCUT2D eigenvalue weighted by Gasteiger charge is 2.15. The van der Waals surface area contributed by atoms with Gasteiger partial charge in [0, 0.05) is 46.2 Å². The zero-order chi connectivity index (χ0) is 23.6. The van der Waals surface area contributed by atoms with Gasteiger partial charge in [-0.25, -0.2) is 4.79 Å². The topological polar surface area (TPSA) is 72.8 Å². The van der Waals surface area contributed by atoms with Crippen LogP contribution in [-0.4, -0.2) is 23.2 Å². The molecule has 0 fully saturated rings. The molecule has 0 aliphatic rings. The van der Waals surface area contributed by atoms with Crippen LogP contribution in [-0.2, 0) is 9.63 Å². The summed E-state index contributed by atoms with van der Waals surface area (Å²) in [5.74, 6) is 1.48. The van der Waals surface area contributed by atoms with E-state index in [0.29, 0.717) is 23.1 Å². The normalized spacial score (nSPS) is 10.8. The van der Waals surface area contributed by atoms with E-state index in [0.717, 1.165) is 9.79 Å². The van der Waals surface area contributed by atoms with Crippen LogP contribution in [0.4, 0.5) is 0 Å². The van der Waals surface area contributed by atoms with Crippen LogP contribution in [0.1, 0.15) is 46.0 Å². The number of hydrogen-bond donors (Lipinski definition) is 0. The number of rotatable bonds is 9. The largest absolute Gasteiger partial charge is 0.331 e. The van der Waals surface area contributed by atoms with E-state index in [9.17, 15) is 14.4 Å². The van der Waals surface area contributed by atoms with Crippen LogP contribution in [0.2, 0.25) is 0 Å². The van der Waals surface area contributed by atoms with Crippen molar-refractivity contribution in [1.29, 1.82) is 0 Å². The van der Waals surface area contributed by atoms with Crippen molar-refractivity contribution in [2.45, 2.75) is 29.6 Å². The summed E-state index contributed by atoms with van der Waals surface area (Å²) in [4.78, 5) is 42.8. The average Bonchev–Trinajstić information content (AvgIpc) is 2.84. The van der Waals surface area contributed by atoms with Gasteiger partial charge in [0.2, 0.25) is 5.78 Å². The van der Waals surface area contributed by atoms with E-state index in [1.807, 2.05) is 42.5 Å². The van der Waals surface area contributed by atoms with Crippen molar-refractivity contribution >= 4 is 35.0 Å². The zero-order valence-electron chi connectivity index (χ0n) is 18.0. The van der Waals surface area contributed by atoms with Crippen molar-refractivity contribution in [3.8, 4) is 12.3 Å². The van der Waals surface area contributed by atoms with Gasteiger partial charge >= 0.3 is 5.97 Å². The van der Waals surface area contributed by atoms with Gasteiger partial charge in [0.15, 0.2) is 5.78 Å². The lowest BCUT2D eigenvalue weighted by Gasteiger charge is -2.06. The summed E-state index contributed by atoms with van der Waals surface area (Å²) < 4.78 is 0. The number of nitrogens with zero attached hydrogens (tertiary/aromatic N) is 1. The summed E-state index contributed by atoms with van der Waals surface area (Å²) in [6.07, 6.45) is 5.80. The van der Waals surface area contributed by atoms with Crippen LogP contribution >= 0.6 is 11.8 Å². The fourth-order valence-corrected chi connectivity index (χ4v) is 3.73. The molecule has 0 saturated carbocycles. The Kier molecular flexibility index (Phi) is 8.34. The highest BCUT2D eigenvalue weighted by atomic mass is 32.2. The number of carbonyl (C=O) groups is 3. The lowest BCUT2D eigenvalue weighted by molar-refractivity contribution is -0.140. The summed E-state index contributed by atoms with van der Waals surface area (Å²) in [7, 11) is 0. The number of carbonyl (C=O) groups excluding carboxylic acids is 3. The molecule has 0 amide bonds. The molecule has 33 heavy (non-hydrogen) atoms. The maximum absolute atomic E-state index is 12.7. The molecule has 0 aliphatic heterocycles. The Morgan fingerprint density at radius 2 is 1.39 bits per heavy atom. The Labute approximate surface area is 196 Å². The van der Waals surface area contributed by atoms with E-state index in [1.165, 1.54) is 18.7 Å². The molecule has 0 radical (unpaired) electrons. The van der Waals surface area contributed by atoms with E-state index in [1.54, 1.807) is 36.4 Å². The van der Waals surface area contributed by atoms with Crippen LogP contribution < -0.4 is 0 Å². The monoisotopic (exact) mass is 455 g/mol. The van der Waals surface area contributed by atoms with Gasteiger partial charge in [0.1, 0.15) is 5.71 Å². The van der Waals surface area contributed by atoms with Gasteiger partial charge in [-0.1, -0.05) is 47.2 Å². The van der Waals surface area contributed by atoms with Gasteiger partial charge in [-0.2, -0.15) is 0 Å². The van der Waals surface area contributed by atoms with Crippen molar-refractivity contribution in [2.75, 3.05) is 0 Å². The van der Waals surface area contributed by atoms with E-state index >= 15 is 0 Å². The molecule has 0 unspecified atom stereocenters. The third kappa shape index (κ3) is 6.76. The van der Waals surface area contributed by atoms with Gasteiger partial charge in [-0.3, -0.25) is 9.59 Å². The molecule has 6 heteroatoms. The number of ketones is 2. The standard InChI is InChI=1S/C27H21NO4S/c1-3-4-10-25(28-32-19(2)29)27(31)22-13-17-24(18-14-22)33-23-15-11-21(12-16-23)26(30)20-8-6-5-7-9-20/h1,5-9,11-18H,4,10H2,2H3. The predicted octanol–water partition coefficient (Wildman–Crippen LogP) is 5.58. The van der Waals surface area contributed by atoms with Gasteiger partial charge < -0.3 is 4.84 Å². The Hall–Kier alpha value is -3.95. The van der Waals surface area contributed by atoms with Crippen molar-refractivity contribution < 1.29 is 19.2 Å². The van der Waals surface area contributed by atoms with Gasteiger partial charge in [-0.15, -0.1) is 12.3 Å². The summed E-state index contributed by atoms with van der Waals surface area (Å²) in [5, 5.41) is 3.66. The SMILES string of the molecule is C#CCCC(=NOC(C)=O)C(=O)c1ccc(Sc2ccc(C(=O)c3ccccc3)cc2)cc1. The molecule has 0 aliphatic carbocycles. The molecule has 3 aromatic rings. The summed E-state index contributed by atoms with van der Waals surface area (Å²) in [6.45, 7) is 1.21. The lowest BCUT2D eigenvalue weighted by Crippen LogP contribution is -2.15. The number of hydrogen-bond acceptors (Lipinski definition) is 6. The third-order valence-electron chi connectivity index (χ3n) is 4.56. The fourth-order valence-electron chi connectivity index (χ4n) is 2.92. The smallest absolute Gasteiger partial charge is 0.318 e. The molecule has 3 aromatic carbocycles. The second-order valence-corrected chi connectivity index (χ2v) is 8.15. The number of benzene rings is 3. The zero-order valence-corrected chi connectivity index (χ0v) is 18.8. The quantitative estimate of drug-likeness (QED) is 0.138. The predicted molar refractivity (Wildman–Crippen MR) is 128 cm³/mol.